The molecular weight excluding hydrogens is 354 g/mol. The minimum atomic E-state index is -3.27. The first-order valence-electron chi connectivity index (χ1n) is 9.79. The van der Waals surface area contributed by atoms with Crippen molar-refractivity contribution in [2.75, 3.05) is 84.8 Å². The van der Waals surface area contributed by atoms with Gasteiger partial charge in [0, 0.05) is 71.9 Å². The molecule has 26 heavy (non-hydrogen) atoms. The highest BCUT2D eigenvalue weighted by atomic mass is 32.2. The van der Waals surface area contributed by atoms with Gasteiger partial charge in [0.2, 0.25) is 15.9 Å². The lowest BCUT2D eigenvalue weighted by molar-refractivity contribution is -0.131. The highest BCUT2D eigenvalue weighted by molar-refractivity contribution is 7.89. The van der Waals surface area contributed by atoms with Crippen molar-refractivity contribution in [1.29, 1.82) is 0 Å². The molecule has 152 valence electrons. The zero-order valence-electron chi connectivity index (χ0n) is 16.3. The molecule has 0 saturated carbocycles. The molecule has 2 fully saturated rings. The molecule has 0 unspecified atom stereocenters. The third-order valence-electron chi connectivity index (χ3n) is 5.28. The van der Waals surface area contributed by atoms with E-state index in [4.69, 9.17) is 0 Å². The maximum absolute atomic E-state index is 12.4. The Labute approximate surface area is 158 Å². The summed E-state index contributed by atoms with van der Waals surface area (Å²) in [6, 6.07) is 0. The highest BCUT2D eigenvalue weighted by Gasteiger charge is 2.23. The topological polar surface area (TPSA) is 76.2 Å². The molecule has 0 spiro atoms. The van der Waals surface area contributed by atoms with Crippen molar-refractivity contribution in [3.05, 3.63) is 0 Å². The summed E-state index contributed by atoms with van der Waals surface area (Å²) >= 11 is 0. The SMILES string of the molecule is CCS(=O)(=O)N(CCCN1CCN(C)CC1)CCC(=O)N1CCNCC1. The largest absolute Gasteiger partial charge is 0.340 e. The molecule has 1 amide bonds. The van der Waals surface area contributed by atoms with Gasteiger partial charge in [0.05, 0.1) is 5.75 Å². The zero-order valence-corrected chi connectivity index (χ0v) is 17.1. The van der Waals surface area contributed by atoms with Crippen molar-refractivity contribution in [3.8, 4) is 0 Å². The molecule has 9 heteroatoms. The molecule has 0 atom stereocenters. The molecule has 0 aromatic carbocycles. The first-order valence-corrected chi connectivity index (χ1v) is 11.4. The number of likely N-dealkylation sites (N-methyl/N-ethyl adjacent to an activating group) is 1. The number of piperazine rings is 2. The molecule has 2 rings (SSSR count). The first-order chi connectivity index (χ1) is 12.4. The Bertz CT molecular complexity index is 529. The van der Waals surface area contributed by atoms with Gasteiger partial charge in [0.15, 0.2) is 0 Å². The third-order valence-corrected chi connectivity index (χ3v) is 7.16. The van der Waals surface area contributed by atoms with E-state index in [2.05, 4.69) is 22.2 Å². The summed E-state index contributed by atoms with van der Waals surface area (Å²) in [6.07, 6.45) is 1.08. The Hall–Kier alpha value is -0.740. The average Bonchev–Trinajstić information content (AvgIpc) is 2.66. The zero-order chi connectivity index (χ0) is 19.0. The van der Waals surface area contributed by atoms with Gasteiger partial charge in [-0.25, -0.2) is 12.7 Å². The molecule has 0 aromatic heterocycles. The minimum Gasteiger partial charge on any atom is -0.340 e. The van der Waals surface area contributed by atoms with Gasteiger partial charge in [-0.2, -0.15) is 0 Å². The van der Waals surface area contributed by atoms with Crippen LogP contribution in [0.1, 0.15) is 19.8 Å². The minimum absolute atomic E-state index is 0.0573. The summed E-state index contributed by atoms with van der Waals surface area (Å²) in [6.45, 7) is 10.6. The van der Waals surface area contributed by atoms with Gasteiger partial charge in [0.25, 0.3) is 0 Å². The Morgan fingerprint density at radius 2 is 1.69 bits per heavy atom. The molecule has 2 aliphatic heterocycles. The van der Waals surface area contributed by atoms with Crippen LogP contribution in [0.3, 0.4) is 0 Å². The van der Waals surface area contributed by atoms with Crippen LogP contribution < -0.4 is 5.32 Å². The molecule has 0 aliphatic carbocycles. The van der Waals surface area contributed by atoms with Crippen LogP contribution in [0.2, 0.25) is 0 Å². The normalized spacial score (nSPS) is 20.7. The van der Waals surface area contributed by atoms with Crippen LogP contribution >= 0.6 is 0 Å². The number of sulfonamides is 1. The fourth-order valence-corrected chi connectivity index (χ4v) is 4.55. The number of carbonyl (C=O) groups excluding carboxylic acids is 1. The number of hydrogen-bond donors (Lipinski definition) is 1. The van der Waals surface area contributed by atoms with Crippen LogP contribution in [0.4, 0.5) is 0 Å². The predicted molar refractivity (Wildman–Crippen MR) is 104 cm³/mol. The number of carbonyl (C=O) groups is 1. The van der Waals surface area contributed by atoms with Crippen LogP contribution in [0.15, 0.2) is 0 Å². The molecule has 1 N–H and O–H groups in total. The molecule has 2 aliphatic rings. The Kier molecular flexibility index (Phi) is 8.75. The molecule has 0 radical (unpaired) electrons. The molecule has 2 heterocycles. The smallest absolute Gasteiger partial charge is 0.223 e. The summed E-state index contributed by atoms with van der Waals surface area (Å²) in [5.74, 6) is 0.144. The standard InChI is InChI=1S/C17H35N5O3S/c1-3-26(24,25)22(9-4-8-20-15-13-19(2)14-16-20)10-5-17(23)21-11-6-18-7-12-21/h18H,3-16H2,1-2H3. The van der Waals surface area contributed by atoms with Gasteiger partial charge >= 0.3 is 0 Å². The van der Waals surface area contributed by atoms with E-state index in [1.54, 1.807) is 6.92 Å². The fourth-order valence-electron chi connectivity index (χ4n) is 3.41. The van der Waals surface area contributed by atoms with Crippen LogP contribution in [-0.4, -0.2) is 118 Å². The van der Waals surface area contributed by atoms with Gasteiger partial charge in [0.1, 0.15) is 0 Å². The molecule has 2 saturated heterocycles. The van der Waals surface area contributed by atoms with E-state index in [0.29, 0.717) is 26.2 Å². The van der Waals surface area contributed by atoms with Crippen LogP contribution in [0.25, 0.3) is 0 Å². The molecule has 0 aromatic rings. The van der Waals surface area contributed by atoms with Crippen LogP contribution in [-0.2, 0) is 14.8 Å². The molecule has 8 nitrogen and oxygen atoms in total. The van der Waals surface area contributed by atoms with E-state index in [1.807, 2.05) is 4.90 Å². The second-order valence-corrected chi connectivity index (χ2v) is 9.44. The van der Waals surface area contributed by atoms with Crippen molar-refractivity contribution in [1.82, 2.24) is 24.3 Å². The lowest BCUT2D eigenvalue weighted by Gasteiger charge is -2.33. The van der Waals surface area contributed by atoms with Gasteiger partial charge in [-0.05, 0) is 26.9 Å². The van der Waals surface area contributed by atoms with E-state index in [9.17, 15) is 13.2 Å². The predicted octanol–water partition coefficient (Wildman–Crippen LogP) is -0.902. The van der Waals surface area contributed by atoms with Crippen LogP contribution in [0, 0.1) is 0 Å². The van der Waals surface area contributed by atoms with E-state index in [1.165, 1.54) is 4.31 Å². The van der Waals surface area contributed by atoms with Crippen molar-refractivity contribution >= 4 is 15.9 Å². The lowest BCUT2D eigenvalue weighted by atomic mass is 10.3. The summed E-state index contributed by atoms with van der Waals surface area (Å²) in [7, 11) is -1.15. The maximum Gasteiger partial charge on any atom is 0.223 e. The van der Waals surface area contributed by atoms with Gasteiger partial charge in [-0.15, -0.1) is 0 Å². The second-order valence-electron chi connectivity index (χ2n) is 7.18. The molecular formula is C17H35N5O3S. The van der Waals surface area contributed by atoms with Crippen molar-refractivity contribution in [2.24, 2.45) is 0 Å². The fraction of sp³-hybridized carbons (Fsp3) is 0.941. The summed E-state index contributed by atoms with van der Waals surface area (Å²) in [5.41, 5.74) is 0. The number of nitrogens with zero attached hydrogens (tertiary/aromatic N) is 4. The highest BCUT2D eigenvalue weighted by Crippen LogP contribution is 2.08. The Morgan fingerprint density at radius 3 is 2.31 bits per heavy atom. The summed E-state index contributed by atoms with van der Waals surface area (Å²) < 4.78 is 26.3. The lowest BCUT2D eigenvalue weighted by Crippen LogP contribution is -2.47. The van der Waals surface area contributed by atoms with E-state index >= 15 is 0 Å². The Morgan fingerprint density at radius 1 is 1.04 bits per heavy atom. The average molecular weight is 390 g/mol. The molecule has 0 bridgehead atoms. The maximum atomic E-state index is 12.4. The summed E-state index contributed by atoms with van der Waals surface area (Å²) in [5, 5.41) is 3.22. The Balaban J connectivity index is 1.78. The van der Waals surface area contributed by atoms with Gasteiger partial charge in [-0.1, -0.05) is 0 Å². The van der Waals surface area contributed by atoms with Gasteiger partial charge < -0.3 is 20.0 Å². The van der Waals surface area contributed by atoms with Crippen molar-refractivity contribution < 1.29 is 13.2 Å². The van der Waals surface area contributed by atoms with Crippen molar-refractivity contribution in [2.45, 2.75) is 19.8 Å². The van der Waals surface area contributed by atoms with E-state index in [-0.39, 0.29) is 18.1 Å². The van der Waals surface area contributed by atoms with Gasteiger partial charge in [-0.3, -0.25) is 4.79 Å². The monoisotopic (exact) mass is 389 g/mol. The first kappa shape index (κ1) is 21.6. The number of nitrogens with one attached hydrogen (secondary N) is 1. The summed E-state index contributed by atoms with van der Waals surface area (Å²) in [4.78, 5) is 18.9. The van der Waals surface area contributed by atoms with Crippen LogP contribution in [0.5, 0.6) is 0 Å². The van der Waals surface area contributed by atoms with E-state index < -0.39 is 10.0 Å². The number of rotatable bonds is 9. The number of hydrogen-bond acceptors (Lipinski definition) is 6. The second kappa shape index (κ2) is 10.6. The third kappa shape index (κ3) is 6.77. The quantitative estimate of drug-likeness (QED) is 0.551. The number of amides is 1. The van der Waals surface area contributed by atoms with Crippen molar-refractivity contribution in [3.63, 3.8) is 0 Å². The van der Waals surface area contributed by atoms with E-state index in [0.717, 1.165) is 52.2 Å².